The van der Waals surface area contributed by atoms with Gasteiger partial charge in [0.25, 0.3) is 0 Å². The second kappa shape index (κ2) is 7.05. The Bertz CT molecular complexity index is 710. The van der Waals surface area contributed by atoms with Crippen molar-refractivity contribution in [1.82, 2.24) is 15.3 Å². The molecule has 24 heavy (non-hydrogen) atoms. The molecule has 1 saturated heterocycles. The van der Waals surface area contributed by atoms with Crippen LogP contribution in [0.3, 0.4) is 0 Å². The highest BCUT2D eigenvalue weighted by molar-refractivity contribution is 7.16. The summed E-state index contributed by atoms with van der Waals surface area (Å²) in [7, 11) is 0. The van der Waals surface area contributed by atoms with Crippen molar-refractivity contribution in [2.24, 2.45) is 5.92 Å². The molecule has 0 bridgehead atoms. The molecule has 2 aromatic heterocycles. The quantitative estimate of drug-likeness (QED) is 0.927. The van der Waals surface area contributed by atoms with Gasteiger partial charge in [0.2, 0.25) is 5.91 Å². The average Bonchev–Trinajstić information content (AvgIpc) is 3.11. The molecule has 5 nitrogen and oxygen atoms in total. The third-order valence-corrected chi connectivity index (χ3v) is 6.10. The normalized spacial score (nSPS) is 22.7. The van der Waals surface area contributed by atoms with E-state index >= 15 is 0 Å². The summed E-state index contributed by atoms with van der Waals surface area (Å²) in [6.07, 6.45) is 9.75. The van der Waals surface area contributed by atoms with Crippen LogP contribution in [0.15, 0.2) is 17.8 Å². The molecule has 0 radical (unpaired) electrons. The minimum absolute atomic E-state index is 0.0735. The summed E-state index contributed by atoms with van der Waals surface area (Å²) < 4.78 is 0. The fourth-order valence-electron chi connectivity index (χ4n) is 3.98. The number of anilines is 1. The van der Waals surface area contributed by atoms with E-state index in [4.69, 9.17) is 0 Å². The summed E-state index contributed by atoms with van der Waals surface area (Å²) in [5, 5.41) is 6.46. The lowest BCUT2D eigenvalue weighted by atomic mass is 9.93. The van der Waals surface area contributed by atoms with Crippen molar-refractivity contribution in [3.05, 3.63) is 17.8 Å². The molecule has 2 fully saturated rings. The highest BCUT2D eigenvalue weighted by atomic mass is 32.1. The molecule has 0 aromatic carbocycles. The topological polar surface area (TPSA) is 58.1 Å². The van der Waals surface area contributed by atoms with E-state index in [-0.39, 0.29) is 11.8 Å². The summed E-state index contributed by atoms with van der Waals surface area (Å²) >= 11 is 1.64. The van der Waals surface area contributed by atoms with Gasteiger partial charge in [-0.05, 0) is 37.1 Å². The van der Waals surface area contributed by atoms with Crippen molar-refractivity contribution >= 4 is 33.3 Å². The van der Waals surface area contributed by atoms with Crippen molar-refractivity contribution in [3.63, 3.8) is 0 Å². The van der Waals surface area contributed by atoms with Crippen LogP contribution in [-0.4, -0.2) is 35.0 Å². The van der Waals surface area contributed by atoms with E-state index in [9.17, 15) is 4.79 Å². The number of rotatable bonds is 3. The van der Waals surface area contributed by atoms with Crippen LogP contribution in [0, 0.1) is 5.92 Å². The molecule has 3 heterocycles. The molecule has 1 aliphatic heterocycles. The lowest BCUT2D eigenvalue weighted by Crippen LogP contribution is -2.46. The standard InChI is InChI=1S/C18H24N4OS/c23-17(21-14-6-2-1-3-7-14)13-5-4-9-22(11-13)16-15-8-10-24-18(15)20-12-19-16/h8,10,12-14H,1-7,9,11H2,(H,21,23). The second-order valence-corrected chi connectivity index (χ2v) is 7.86. The number of carbonyl (C=O) groups excluding carboxylic acids is 1. The summed E-state index contributed by atoms with van der Waals surface area (Å²) in [6.45, 7) is 1.73. The molecule has 1 N–H and O–H groups in total. The third-order valence-electron chi connectivity index (χ3n) is 5.28. The number of carbonyl (C=O) groups is 1. The molecule has 1 saturated carbocycles. The van der Waals surface area contributed by atoms with E-state index < -0.39 is 0 Å². The Morgan fingerprint density at radius 3 is 2.92 bits per heavy atom. The maximum atomic E-state index is 12.7. The Hall–Kier alpha value is -1.69. The molecular weight excluding hydrogens is 320 g/mol. The first-order valence-corrected chi connectivity index (χ1v) is 9.93. The lowest BCUT2D eigenvalue weighted by molar-refractivity contribution is -0.126. The van der Waals surface area contributed by atoms with Gasteiger partial charge in [-0.2, -0.15) is 0 Å². The van der Waals surface area contributed by atoms with Crippen LogP contribution in [0.25, 0.3) is 10.2 Å². The molecule has 0 spiro atoms. The van der Waals surface area contributed by atoms with Gasteiger partial charge in [-0.3, -0.25) is 4.79 Å². The van der Waals surface area contributed by atoms with Gasteiger partial charge in [0.05, 0.1) is 11.3 Å². The number of aromatic nitrogens is 2. The monoisotopic (exact) mass is 344 g/mol. The number of amides is 1. The zero-order chi connectivity index (χ0) is 16.4. The largest absolute Gasteiger partial charge is 0.355 e. The second-order valence-electron chi connectivity index (χ2n) is 6.97. The van der Waals surface area contributed by atoms with Crippen molar-refractivity contribution in [3.8, 4) is 0 Å². The first-order chi connectivity index (χ1) is 11.8. The van der Waals surface area contributed by atoms with E-state index in [0.717, 1.165) is 54.8 Å². The van der Waals surface area contributed by atoms with Gasteiger partial charge in [-0.1, -0.05) is 19.3 Å². The Morgan fingerprint density at radius 2 is 2.04 bits per heavy atom. The average molecular weight is 344 g/mol. The van der Waals surface area contributed by atoms with Crippen molar-refractivity contribution < 1.29 is 4.79 Å². The van der Waals surface area contributed by atoms with Crippen LogP contribution in [0.5, 0.6) is 0 Å². The highest BCUT2D eigenvalue weighted by Crippen LogP contribution is 2.30. The maximum Gasteiger partial charge on any atom is 0.225 e. The molecule has 1 amide bonds. The van der Waals surface area contributed by atoms with E-state index in [1.54, 1.807) is 17.7 Å². The van der Waals surface area contributed by atoms with Gasteiger partial charge in [0, 0.05) is 19.1 Å². The molecule has 1 unspecified atom stereocenters. The number of thiophene rings is 1. The molecule has 4 rings (SSSR count). The Balaban J connectivity index is 1.45. The number of fused-ring (bicyclic) bond motifs is 1. The molecule has 1 atom stereocenters. The van der Waals surface area contributed by atoms with Crippen LogP contribution in [0.1, 0.15) is 44.9 Å². The predicted molar refractivity (Wildman–Crippen MR) is 97.4 cm³/mol. The van der Waals surface area contributed by atoms with E-state index in [2.05, 4.69) is 31.6 Å². The minimum atomic E-state index is 0.0735. The van der Waals surface area contributed by atoms with Gasteiger partial charge in [0.1, 0.15) is 17.0 Å². The zero-order valence-electron chi connectivity index (χ0n) is 13.9. The van der Waals surface area contributed by atoms with E-state index in [0.29, 0.717) is 6.04 Å². The zero-order valence-corrected chi connectivity index (χ0v) is 14.7. The van der Waals surface area contributed by atoms with Crippen LogP contribution in [-0.2, 0) is 4.79 Å². The Labute approximate surface area is 146 Å². The highest BCUT2D eigenvalue weighted by Gasteiger charge is 2.29. The summed E-state index contributed by atoms with van der Waals surface area (Å²) in [6, 6.07) is 2.48. The smallest absolute Gasteiger partial charge is 0.225 e. The Kier molecular flexibility index (Phi) is 4.65. The molecule has 2 aliphatic rings. The van der Waals surface area contributed by atoms with E-state index in [1.165, 1.54) is 19.3 Å². The molecular formula is C18H24N4OS. The number of hydrogen-bond acceptors (Lipinski definition) is 5. The third kappa shape index (κ3) is 3.24. The van der Waals surface area contributed by atoms with Gasteiger partial charge in [-0.15, -0.1) is 11.3 Å². The summed E-state index contributed by atoms with van der Waals surface area (Å²) in [4.78, 5) is 24.8. The van der Waals surface area contributed by atoms with Crippen LogP contribution in [0.2, 0.25) is 0 Å². The van der Waals surface area contributed by atoms with Crippen LogP contribution >= 0.6 is 11.3 Å². The van der Waals surface area contributed by atoms with Crippen molar-refractivity contribution in [2.75, 3.05) is 18.0 Å². The number of piperidine rings is 1. The summed E-state index contributed by atoms with van der Waals surface area (Å²) in [5.74, 6) is 1.29. The Morgan fingerprint density at radius 1 is 1.17 bits per heavy atom. The molecule has 1 aliphatic carbocycles. The number of nitrogens with one attached hydrogen (secondary N) is 1. The van der Waals surface area contributed by atoms with Crippen LogP contribution in [0.4, 0.5) is 5.82 Å². The molecule has 128 valence electrons. The molecule has 2 aromatic rings. The first kappa shape index (κ1) is 15.8. The van der Waals surface area contributed by atoms with Gasteiger partial charge in [-0.25, -0.2) is 9.97 Å². The summed E-state index contributed by atoms with van der Waals surface area (Å²) in [5.41, 5.74) is 0. The molecule has 6 heteroatoms. The minimum Gasteiger partial charge on any atom is -0.355 e. The van der Waals surface area contributed by atoms with Gasteiger partial charge >= 0.3 is 0 Å². The SMILES string of the molecule is O=C(NC1CCCCC1)C1CCCN(c2ncnc3sccc23)C1. The van der Waals surface area contributed by atoms with Crippen molar-refractivity contribution in [1.29, 1.82) is 0 Å². The van der Waals surface area contributed by atoms with Gasteiger partial charge in [0.15, 0.2) is 0 Å². The maximum absolute atomic E-state index is 12.7. The number of nitrogens with zero attached hydrogens (tertiary/aromatic N) is 3. The number of hydrogen-bond donors (Lipinski definition) is 1. The fraction of sp³-hybridized carbons (Fsp3) is 0.611. The van der Waals surface area contributed by atoms with Gasteiger partial charge < -0.3 is 10.2 Å². The lowest BCUT2D eigenvalue weighted by Gasteiger charge is -2.34. The van der Waals surface area contributed by atoms with E-state index in [1.807, 2.05) is 0 Å². The van der Waals surface area contributed by atoms with Crippen LogP contribution < -0.4 is 10.2 Å². The fourth-order valence-corrected chi connectivity index (χ4v) is 4.71. The first-order valence-electron chi connectivity index (χ1n) is 9.05. The predicted octanol–water partition coefficient (Wildman–Crippen LogP) is 3.36. The van der Waals surface area contributed by atoms with Crippen molar-refractivity contribution in [2.45, 2.75) is 51.0 Å².